The third-order valence-electron chi connectivity index (χ3n) is 3.42. The Balaban J connectivity index is 1.74. The number of anilines is 1. The summed E-state index contributed by atoms with van der Waals surface area (Å²) in [6.45, 7) is 1.50. The average molecular weight is 406 g/mol. The summed E-state index contributed by atoms with van der Waals surface area (Å²) in [6.07, 6.45) is -1.11. The van der Waals surface area contributed by atoms with E-state index < -0.39 is 18.0 Å². The number of hydrogen-bond donors (Lipinski definition) is 2. The van der Waals surface area contributed by atoms with Crippen LogP contribution in [0.25, 0.3) is 0 Å². The number of benzene rings is 1. The van der Waals surface area contributed by atoms with Crippen molar-refractivity contribution in [3.63, 3.8) is 0 Å². The van der Waals surface area contributed by atoms with Crippen molar-refractivity contribution in [3.05, 3.63) is 51.9 Å². The summed E-state index contributed by atoms with van der Waals surface area (Å²) < 4.78 is 5.04. The molecule has 0 aliphatic rings. The van der Waals surface area contributed by atoms with Crippen LogP contribution in [-0.4, -0.2) is 30.4 Å². The summed E-state index contributed by atoms with van der Waals surface area (Å²) >= 11 is 6.96. The molecule has 2 rings (SSSR count). The van der Waals surface area contributed by atoms with Crippen molar-refractivity contribution in [1.29, 1.82) is 5.26 Å². The summed E-state index contributed by atoms with van der Waals surface area (Å²) in [7, 11) is 0. The van der Waals surface area contributed by atoms with Gasteiger partial charge in [-0.2, -0.15) is 5.26 Å². The maximum atomic E-state index is 12.0. The SMILES string of the molecule is C[C@@H](OC(=O)CCNC(=O)c1ccc(Cl)cc1)C(=O)Nc1sccc1C#N. The van der Waals surface area contributed by atoms with Crippen molar-refractivity contribution < 1.29 is 19.1 Å². The first-order valence-corrected chi connectivity index (χ1v) is 9.18. The van der Waals surface area contributed by atoms with Gasteiger partial charge in [0.25, 0.3) is 11.8 Å². The number of nitrogens with one attached hydrogen (secondary N) is 2. The molecule has 27 heavy (non-hydrogen) atoms. The Labute approximate surface area is 164 Å². The number of halogens is 1. The molecule has 0 spiro atoms. The summed E-state index contributed by atoms with van der Waals surface area (Å²) in [4.78, 5) is 35.8. The Morgan fingerprint density at radius 2 is 1.96 bits per heavy atom. The van der Waals surface area contributed by atoms with Gasteiger partial charge < -0.3 is 15.4 Å². The van der Waals surface area contributed by atoms with Crippen LogP contribution in [0.3, 0.4) is 0 Å². The van der Waals surface area contributed by atoms with E-state index in [9.17, 15) is 14.4 Å². The molecule has 0 aliphatic carbocycles. The smallest absolute Gasteiger partial charge is 0.308 e. The molecule has 0 fully saturated rings. The predicted molar refractivity (Wildman–Crippen MR) is 102 cm³/mol. The van der Waals surface area contributed by atoms with Gasteiger partial charge in [0.05, 0.1) is 12.0 Å². The largest absolute Gasteiger partial charge is 0.452 e. The van der Waals surface area contributed by atoms with Crippen molar-refractivity contribution in [2.75, 3.05) is 11.9 Å². The molecule has 0 saturated heterocycles. The molecule has 2 N–H and O–H groups in total. The van der Waals surface area contributed by atoms with Gasteiger partial charge in [0.1, 0.15) is 11.1 Å². The van der Waals surface area contributed by atoms with E-state index in [1.54, 1.807) is 35.7 Å². The molecule has 1 atom stereocenters. The highest BCUT2D eigenvalue weighted by Gasteiger charge is 2.19. The number of amides is 2. The Kier molecular flexibility index (Phi) is 7.34. The highest BCUT2D eigenvalue weighted by atomic mass is 35.5. The number of thiophene rings is 1. The summed E-state index contributed by atoms with van der Waals surface area (Å²) in [5.74, 6) is -1.50. The molecule has 0 radical (unpaired) electrons. The molecule has 140 valence electrons. The Morgan fingerprint density at radius 3 is 2.63 bits per heavy atom. The second kappa shape index (κ2) is 9.71. The molecule has 0 saturated carbocycles. The van der Waals surface area contributed by atoms with E-state index in [2.05, 4.69) is 10.6 Å². The molecular formula is C18H16ClN3O4S. The van der Waals surface area contributed by atoms with Crippen LogP contribution in [0, 0.1) is 11.3 Å². The van der Waals surface area contributed by atoms with Crippen LogP contribution in [-0.2, 0) is 14.3 Å². The lowest BCUT2D eigenvalue weighted by atomic mass is 10.2. The fraction of sp³-hybridized carbons (Fsp3) is 0.222. The molecule has 7 nitrogen and oxygen atoms in total. The lowest BCUT2D eigenvalue weighted by Crippen LogP contribution is -2.32. The van der Waals surface area contributed by atoms with Crippen molar-refractivity contribution in [2.45, 2.75) is 19.4 Å². The molecule has 2 aromatic rings. The maximum absolute atomic E-state index is 12.0. The number of hydrogen-bond acceptors (Lipinski definition) is 6. The average Bonchev–Trinajstić information content (AvgIpc) is 3.09. The molecular weight excluding hydrogens is 390 g/mol. The van der Waals surface area contributed by atoms with Crippen molar-refractivity contribution in [2.24, 2.45) is 0 Å². The third kappa shape index (κ3) is 6.09. The van der Waals surface area contributed by atoms with Gasteiger partial charge in [0, 0.05) is 17.1 Å². The first-order valence-electron chi connectivity index (χ1n) is 7.92. The highest BCUT2D eigenvalue weighted by Crippen LogP contribution is 2.22. The van der Waals surface area contributed by atoms with Gasteiger partial charge in [0.2, 0.25) is 0 Å². The van der Waals surface area contributed by atoms with Gasteiger partial charge in [-0.05, 0) is 42.6 Å². The molecule has 9 heteroatoms. The zero-order chi connectivity index (χ0) is 19.8. The van der Waals surface area contributed by atoms with Gasteiger partial charge in [-0.3, -0.25) is 14.4 Å². The molecule has 1 aromatic carbocycles. The number of nitrogens with zero attached hydrogens (tertiary/aromatic N) is 1. The summed E-state index contributed by atoms with van der Waals surface area (Å²) in [5, 5.41) is 16.7. The van der Waals surface area contributed by atoms with Crippen molar-refractivity contribution in [3.8, 4) is 6.07 Å². The van der Waals surface area contributed by atoms with E-state index in [1.165, 1.54) is 18.3 Å². The van der Waals surface area contributed by atoms with Crippen molar-refractivity contribution in [1.82, 2.24) is 5.32 Å². The van der Waals surface area contributed by atoms with E-state index in [0.29, 0.717) is 21.2 Å². The second-order valence-electron chi connectivity index (χ2n) is 5.41. The zero-order valence-electron chi connectivity index (χ0n) is 14.3. The number of ether oxygens (including phenoxy) is 1. The number of nitriles is 1. The van der Waals surface area contributed by atoms with Crippen LogP contribution in [0.2, 0.25) is 5.02 Å². The predicted octanol–water partition coefficient (Wildman–Crippen LogP) is 2.96. The molecule has 0 bridgehead atoms. The maximum Gasteiger partial charge on any atom is 0.308 e. The molecule has 0 unspecified atom stereocenters. The Hall–Kier alpha value is -2.89. The zero-order valence-corrected chi connectivity index (χ0v) is 15.9. The number of carbonyl (C=O) groups is 3. The van der Waals surface area contributed by atoms with Gasteiger partial charge in [-0.15, -0.1) is 11.3 Å². The molecule has 0 aliphatic heterocycles. The standard InChI is InChI=1S/C18H16ClN3O4S/c1-11(16(24)22-18-13(10-20)7-9-27-18)26-15(23)6-8-21-17(25)12-2-4-14(19)5-3-12/h2-5,7,9,11H,6,8H2,1H3,(H,21,25)(H,22,24)/t11-/m1/s1. The third-order valence-corrected chi connectivity index (χ3v) is 4.50. The molecule has 1 aromatic heterocycles. The van der Waals surface area contributed by atoms with E-state index in [4.69, 9.17) is 21.6 Å². The van der Waals surface area contributed by atoms with Gasteiger partial charge >= 0.3 is 5.97 Å². The summed E-state index contributed by atoms with van der Waals surface area (Å²) in [6, 6.07) is 9.87. The number of rotatable bonds is 7. The molecule has 1 heterocycles. The first kappa shape index (κ1) is 20.4. The van der Waals surface area contributed by atoms with Crippen LogP contribution in [0.15, 0.2) is 35.7 Å². The number of carbonyl (C=O) groups excluding carboxylic acids is 3. The topological polar surface area (TPSA) is 108 Å². The summed E-state index contributed by atoms with van der Waals surface area (Å²) in [5.41, 5.74) is 0.765. The van der Waals surface area contributed by atoms with E-state index in [-0.39, 0.29) is 18.9 Å². The first-order chi connectivity index (χ1) is 12.9. The Morgan fingerprint density at radius 1 is 1.26 bits per heavy atom. The molecule has 2 amide bonds. The minimum absolute atomic E-state index is 0.0676. The van der Waals surface area contributed by atoms with E-state index >= 15 is 0 Å². The Bertz CT molecular complexity index is 873. The van der Waals surface area contributed by atoms with Crippen LogP contribution < -0.4 is 10.6 Å². The van der Waals surface area contributed by atoms with Gasteiger partial charge in [0.15, 0.2) is 6.10 Å². The van der Waals surface area contributed by atoms with E-state index in [0.717, 1.165) is 0 Å². The number of esters is 1. The van der Waals surface area contributed by atoms with Gasteiger partial charge in [-0.1, -0.05) is 11.6 Å². The quantitative estimate of drug-likeness (QED) is 0.688. The normalized spacial score (nSPS) is 11.1. The second-order valence-corrected chi connectivity index (χ2v) is 6.76. The lowest BCUT2D eigenvalue weighted by Gasteiger charge is -2.13. The van der Waals surface area contributed by atoms with Gasteiger partial charge in [-0.25, -0.2) is 0 Å². The fourth-order valence-corrected chi connectivity index (χ4v) is 2.87. The van der Waals surface area contributed by atoms with Crippen LogP contribution in [0.4, 0.5) is 5.00 Å². The van der Waals surface area contributed by atoms with Crippen LogP contribution >= 0.6 is 22.9 Å². The van der Waals surface area contributed by atoms with Crippen molar-refractivity contribution >= 4 is 45.7 Å². The minimum atomic E-state index is -1.03. The highest BCUT2D eigenvalue weighted by molar-refractivity contribution is 7.14. The minimum Gasteiger partial charge on any atom is -0.452 e. The van der Waals surface area contributed by atoms with Crippen LogP contribution in [0.5, 0.6) is 0 Å². The fourth-order valence-electron chi connectivity index (χ4n) is 2.00. The monoisotopic (exact) mass is 405 g/mol. The van der Waals surface area contributed by atoms with E-state index in [1.807, 2.05) is 6.07 Å². The van der Waals surface area contributed by atoms with Crippen LogP contribution in [0.1, 0.15) is 29.3 Å². The lowest BCUT2D eigenvalue weighted by molar-refractivity contribution is -0.153.